The summed E-state index contributed by atoms with van der Waals surface area (Å²) in [6, 6.07) is 21.0. The molecule has 0 fully saturated rings. The molecule has 0 bridgehead atoms. The summed E-state index contributed by atoms with van der Waals surface area (Å²) in [5.41, 5.74) is 2.50. The molecule has 198 valence electrons. The molecule has 1 amide bonds. The number of carbonyl (C=O) groups excluding carboxylic acids is 1. The average molecular weight is 506 g/mol. The third-order valence-corrected chi connectivity index (χ3v) is 5.91. The van der Waals surface area contributed by atoms with Crippen LogP contribution in [0.15, 0.2) is 71.5 Å². The van der Waals surface area contributed by atoms with Gasteiger partial charge in [-0.2, -0.15) is 5.10 Å². The van der Waals surface area contributed by atoms with E-state index in [4.69, 9.17) is 9.84 Å². The Morgan fingerprint density at radius 3 is 2.49 bits per heavy atom. The number of benzene rings is 2. The van der Waals surface area contributed by atoms with Crippen molar-refractivity contribution in [2.45, 2.75) is 45.7 Å². The summed E-state index contributed by atoms with van der Waals surface area (Å²) in [5.74, 6) is 0.768. The lowest BCUT2D eigenvalue weighted by atomic mass is 10.2. The standard InChI is InChI=1S/C29H39N5O3/c1-4-5-19-33(22-24-12-7-6-8-13-24)27-16-17-28(35)34(31-27)23-25-14-11-15-26(21-25)30-29(36)37-20-10-9-18-32(2)3/h6-8,11-17,21H,4-5,9-10,18-20,22-23H2,1-3H3,(H,30,36). The first-order chi connectivity index (χ1) is 17.9. The molecule has 0 unspecified atom stereocenters. The molecule has 0 spiro atoms. The van der Waals surface area contributed by atoms with E-state index in [9.17, 15) is 9.59 Å². The van der Waals surface area contributed by atoms with Gasteiger partial charge >= 0.3 is 6.09 Å². The molecule has 0 aliphatic rings. The fourth-order valence-corrected chi connectivity index (χ4v) is 3.92. The van der Waals surface area contributed by atoms with Gasteiger partial charge in [0, 0.05) is 24.8 Å². The average Bonchev–Trinajstić information content (AvgIpc) is 2.88. The Balaban J connectivity index is 1.65. The Morgan fingerprint density at radius 1 is 0.946 bits per heavy atom. The summed E-state index contributed by atoms with van der Waals surface area (Å²) in [4.78, 5) is 29.1. The van der Waals surface area contributed by atoms with E-state index in [1.165, 1.54) is 10.2 Å². The van der Waals surface area contributed by atoms with Crippen molar-refractivity contribution in [1.29, 1.82) is 0 Å². The van der Waals surface area contributed by atoms with Gasteiger partial charge in [0.05, 0.1) is 13.2 Å². The van der Waals surface area contributed by atoms with Crippen molar-refractivity contribution in [3.63, 3.8) is 0 Å². The molecule has 0 saturated heterocycles. The Labute approximate surface area is 219 Å². The largest absolute Gasteiger partial charge is 0.449 e. The van der Waals surface area contributed by atoms with Crippen LogP contribution in [-0.4, -0.2) is 54.6 Å². The molecule has 2 aromatic carbocycles. The zero-order valence-corrected chi connectivity index (χ0v) is 22.2. The highest BCUT2D eigenvalue weighted by atomic mass is 16.5. The van der Waals surface area contributed by atoms with Crippen LogP contribution in [0.1, 0.15) is 43.7 Å². The van der Waals surface area contributed by atoms with Gasteiger partial charge in [0.1, 0.15) is 5.82 Å². The zero-order chi connectivity index (χ0) is 26.5. The van der Waals surface area contributed by atoms with E-state index in [1.807, 2.05) is 50.5 Å². The number of aromatic nitrogens is 2. The number of hydrogen-bond acceptors (Lipinski definition) is 6. The van der Waals surface area contributed by atoms with Gasteiger partial charge in [0.25, 0.3) is 5.56 Å². The van der Waals surface area contributed by atoms with Gasteiger partial charge in [-0.1, -0.05) is 55.8 Å². The Kier molecular flexibility index (Phi) is 11.2. The van der Waals surface area contributed by atoms with Crippen molar-refractivity contribution in [2.24, 2.45) is 0 Å². The van der Waals surface area contributed by atoms with E-state index in [0.717, 1.165) is 56.7 Å². The molecule has 8 heteroatoms. The van der Waals surface area contributed by atoms with E-state index in [0.29, 0.717) is 18.8 Å². The second-order valence-electron chi connectivity index (χ2n) is 9.42. The highest BCUT2D eigenvalue weighted by Crippen LogP contribution is 2.16. The second kappa shape index (κ2) is 14.8. The van der Waals surface area contributed by atoms with Gasteiger partial charge in [0.2, 0.25) is 0 Å². The summed E-state index contributed by atoms with van der Waals surface area (Å²) >= 11 is 0. The Hall–Kier alpha value is -3.65. The molecule has 0 aliphatic heterocycles. The first-order valence-electron chi connectivity index (χ1n) is 13.0. The molecule has 3 aromatic rings. The smallest absolute Gasteiger partial charge is 0.411 e. The van der Waals surface area contributed by atoms with Gasteiger partial charge in [-0.05, 0) is 69.2 Å². The molecule has 0 atom stereocenters. The Morgan fingerprint density at radius 2 is 1.73 bits per heavy atom. The topological polar surface area (TPSA) is 79.7 Å². The van der Waals surface area contributed by atoms with Gasteiger partial charge in [-0.3, -0.25) is 10.1 Å². The van der Waals surface area contributed by atoms with Crippen LogP contribution in [0.4, 0.5) is 16.3 Å². The number of carbonyl (C=O) groups is 1. The van der Waals surface area contributed by atoms with Crippen LogP contribution in [0.25, 0.3) is 0 Å². The number of ether oxygens (including phenoxy) is 1. The summed E-state index contributed by atoms with van der Waals surface area (Å²) in [6.07, 6.45) is 3.41. The predicted molar refractivity (Wildman–Crippen MR) is 149 cm³/mol. The number of nitrogens with zero attached hydrogens (tertiary/aromatic N) is 4. The summed E-state index contributed by atoms with van der Waals surface area (Å²) in [7, 11) is 4.04. The molecular weight excluding hydrogens is 466 g/mol. The van der Waals surface area contributed by atoms with Crippen LogP contribution in [0.5, 0.6) is 0 Å². The second-order valence-corrected chi connectivity index (χ2v) is 9.42. The van der Waals surface area contributed by atoms with Gasteiger partial charge in [-0.15, -0.1) is 0 Å². The van der Waals surface area contributed by atoms with Gasteiger partial charge in [-0.25, -0.2) is 9.48 Å². The van der Waals surface area contributed by atoms with E-state index in [2.05, 4.69) is 34.2 Å². The molecule has 3 rings (SSSR count). The molecule has 1 aromatic heterocycles. The van der Waals surface area contributed by atoms with Crippen molar-refractivity contribution in [3.05, 3.63) is 88.2 Å². The quantitative estimate of drug-likeness (QED) is 0.311. The minimum Gasteiger partial charge on any atom is -0.449 e. The molecular formula is C29H39N5O3. The number of rotatable bonds is 14. The minimum atomic E-state index is -0.480. The van der Waals surface area contributed by atoms with Crippen molar-refractivity contribution < 1.29 is 9.53 Å². The zero-order valence-electron chi connectivity index (χ0n) is 22.2. The summed E-state index contributed by atoms with van der Waals surface area (Å²) in [5, 5.41) is 7.47. The molecule has 1 heterocycles. The summed E-state index contributed by atoms with van der Waals surface area (Å²) in [6.45, 7) is 5.38. The normalized spacial score (nSPS) is 10.9. The number of hydrogen-bond donors (Lipinski definition) is 1. The van der Waals surface area contributed by atoms with Crippen molar-refractivity contribution >= 4 is 17.6 Å². The molecule has 1 N–H and O–H groups in total. The highest BCUT2D eigenvalue weighted by Gasteiger charge is 2.12. The number of nitrogens with one attached hydrogen (secondary N) is 1. The lowest BCUT2D eigenvalue weighted by Gasteiger charge is -2.24. The van der Waals surface area contributed by atoms with Crippen LogP contribution in [0.3, 0.4) is 0 Å². The van der Waals surface area contributed by atoms with Crippen LogP contribution in [0, 0.1) is 0 Å². The van der Waals surface area contributed by atoms with Gasteiger partial charge in [0.15, 0.2) is 0 Å². The van der Waals surface area contributed by atoms with Crippen molar-refractivity contribution in [3.8, 4) is 0 Å². The third kappa shape index (κ3) is 9.73. The first-order valence-corrected chi connectivity index (χ1v) is 13.0. The highest BCUT2D eigenvalue weighted by molar-refractivity contribution is 5.84. The first kappa shape index (κ1) is 27.9. The van der Waals surface area contributed by atoms with E-state index < -0.39 is 6.09 Å². The fraction of sp³-hybridized carbons (Fsp3) is 0.414. The fourth-order valence-electron chi connectivity index (χ4n) is 3.92. The van der Waals surface area contributed by atoms with Crippen LogP contribution < -0.4 is 15.8 Å². The van der Waals surface area contributed by atoms with Crippen molar-refractivity contribution in [2.75, 3.05) is 44.0 Å². The SMILES string of the molecule is CCCCN(Cc1ccccc1)c1ccc(=O)n(Cc2cccc(NC(=O)OCCCCN(C)C)c2)n1. The maximum atomic E-state index is 12.6. The molecule has 8 nitrogen and oxygen atoms in total. The lowest BCUT2D eigenvalue weighted by molar-refractivity contribution is 0.158. The third-order valence-electron chi connectivity index (χ3n) is 5.91. The minimum absolute atomic E-state index is 0.172. The van der Waals surface area contributed by atoms with E-state index in [-0.39, 0.29) is 5.56 Å². The summed E-state index contributed by atoms with van der Waals surface area (Å²) < 4.78 is 6.76. The monoisotopic (exact) mass is 505 g/mol. The molecule has 0 saturated carbocycles. The van der Waals surface area contributed by atoms with Crippen LogP contribution >= 0.6 is 0 Å². The molecule has 37 heavy (non-hydrogen) atoms. The Bertz CT molecular complexity index is 1160. The molecule has 0 radical (unpaired) electrons. The number of anilines is 2. The predicted octanol–water partition coefficient (Wildman–Crippen LogP) is 4.99. The van der Waals surface area contributed by atoms with Crippen molar-refractivity contribution in [1.82, 2.24) is 14.7 Å². The van der Waals surface area contributed by atoms with E-state index in [1.54, 1.807) is 18.2 Å². The van der Waals surface area contributed by atoms with Gasteiger partial charge < -0.3 is 14.5 Å². The van der Waals surface area contributed by atoms with Crippen LogP contribution in [-0.2, 0) is 17.8 Å². The van der Waals surface area contributed by atoms with E-state index >= 15 is 0 Å². The number of unbranched alkanes of at least 4 members (excludes halogenated alkanes) is 2. The molecule has 0 aliphatic carbocycles. The van der Waals surface area contributed by atoms with Crippen LogP contribution in [0.2, 0.25) is 0 Å². The number of amides is 1. The maximum Gasteiger partial charge on any atom is 0.411 e. The maximum absolute atomic E-state index is 12.6. The lowest BCUT2D eigenvalue weighted by Crippen LogP contribution is -2.30.